The highest BCUT2D eigenvalue weighted by molar-refractivity contribution is 7.89. The summed E-state index contributed by atoms with van der Waals surface area (Å²) in [7, 11) is -3.64. The molecule has 0 aliphatic heterocycles. The predicted octanol–water partition coefficient (Wildman–Crippen LogP) is 4.86. The summed E-state index contributed by atoms with van der Waals surface area (Å²) in [6.45, 7) is 5.27. The lowest BCUT2D eigenvalue weighted by atomic mass is 9.84. The molecule has 0 amide bonds. The zero-order chi connectivity index (χ0) is 21.7. The van der Waals surface area contributed by atoms with Crippen LogP contribution in [0.25, 0.3) is 11.1 Å². The molecule has 0 atom stereocenters. The molecule has 1 aliphatic rings. The molecule has 0 aromatic heterocycles. The van der Waals surface area contributed by atoms with Gasteiger partial charge < -0.3 is 5.32 Å². The second-order valence-corrected chi connectivity index (χ2v) is 10.1. The van der Waals surface area contributed by atoms with Gasteiger partial charge in [-0.05, 0) is 74.4 Å². The number of hydrogen-bond donors (Lipinski definition) is 2. The van der Waals surface area contributed by atoms with Gasteiger partial charge in [0.25, 0.3) is 0 Å². The van der Waals surface area contributed by atoms with E-state index in [1.165, 1.54) is 24.3 Å². The topological polar surface area (TPSA) is 58.2 Å². The van der Waals surface area contributed by atoms with E-state index in [1.807, 2.05) is 0 Å². The number of halogens is 2. The van der Waals surface area contributed by atoms with Crippen molar-refractivity contribution in [3.8, 4) is 11.1 Å². The van der Waals surface area contributed by atoms with Crippen molar-refractivity contribution in [1.29, 1.82) is 0 Å². The standard InChI is InChI=1S/C23H30F2N2O2S/c1-16(2)26-14-13-17-3-8-20(9-4-17)27-30(28,29)21-10-5-18(6-11-21)22-12-7-19(24)15-23(22)25/h5-7,10-12,15-17,20,26-27H,3-4,8-9,13-14H2,1-2H3. The summed E-state index contributed by atoms with van der Waals surface area (Å²) >= 11 is 0. The van der Waals surface area contributed by atoms with Crippen LogP contribution in [-0.4, -0.2) is 27.0 Å². The monoisotopic (exact) mass is 436 g/mol. The molecule has 164 valence electrons. The Morgan fingerprint density at radius 2 is 1.67 bits per heavy atom. The molecular formula is C23H30F2N2O2S. The lowest BCUT2D eigenvalue weighted by Gasteiger charge is -2.29. The molecule has 2 aromatic carbocycles. The van der Waals surface area contributed by atoms with Crippen molar-refractivity contribution in [3.05, 3.63) is 54.1 Å². The second kappa shape index (κ2) is 9.98. The van der Waals surface area contributed by atoms with Gasteiger partial charge in [-0.3, -0.25) is 0 Å². The Kier molecular flexibility index (Phi) is 7.60. The van der Waals surface area contributed by atoms with Crippen LogP contribution in [0.15, 0.2) is 47.4 Å². The number of nitrogens with one attached hydrogen (secondary N) is 2. The first-order chi connectivity index (χ1) is 14.2. The van der Waals surface area contributed by atoms with Crippen LogP contribution in [0.2, 0.25) is 0 Å². The fraction of sp³-hybridized carbons (Fsp3) is 0.478. The molecule has 4 nitrogen and oxygen atoms in total. The molecule has 0 saturated heterocycles. The van der Waals surface area contributed by atoms with Crippen LogP contribution in [-0.2, 0) is 10.0 Å². The summed E-state index contributed by atoms with van der Waals surface area (Å²) in [6, 6.07) is 9.79. The van der Waals surface area contributed by atoms with Crippen LogP contribution in [0.1, 0.15) is 46.0 Å². The minimum absolute atomic E-state index is 0.0569. The Morgan fingerprint density at radius 1 is 1.00 bits per heavy atom. The quantitative estimate of drug-likeness (QED) is 0.622. The van der Waals surface area contributed by atoms with Gasteiger partial charge in [0.2, 0.25) is 10.0 Å². The fourth-order valence-electron chi connectivity index (χ4n) is 3.97. The highest BCUT2D eigenvalue weighted by Gasteiger charge is 2.25. The van der Waals surface area contributed by atoms with Crippen molar-refractivity contribution in [2.45, 2.75) is 62.9 Å². The highest BCUT2D eigenvalue weighted by atomic mass is 32.2. The molecule has 0 heterocycles. The Balaban J connectivity index is 1.57. The van der Waals surface area contributed by atoms with Crippen LogP contribution in [0.3, 0.4) is 0 Å². The van der Waals surface area contributed by atoms with Gasteiger partial charge in [0.05, 0.1) is 4.90 Å². The minimum atomic E-state index is -3.64. The predicted molar refractivity (Wildman–Crippen MR) is 116 cm³/mol. The third-order valence-electron chi connectivity index (χ3n) is 5.68. The van der Waals surface area contributed by atoms with Crippen LogP contribution in [0.5, 0.6) is 0 Å². The van der Waals surface area contributed by atoms with Gasteiger partial charge in [-0.2, -0.15) is 0 Å². The Bertz CT molecular complexity index is 938. The smallest absolute Gasteiger partial charge is 0.240 e. The number of sulfonamides is 1. The van der Waals surface area contributed by atoms with Crippen LogP contribution < -0.4 is 10.0 Å². The third kappa shape index (κ3) is 6.09. The van der Waals surface area contributed by atoms with Gasteiger partial charge in [0, 0.05) is 23.7 Å². The van der Waals surface area contributed by atoms with E-state index in [0.29, 0.717) is 17.5 Å². The van der Waals surface area contributed by atoms with E-state index in [-0.39, 0.29) is 16.5 Å². The molecule has 0 radical (unpaired) electrons. The van der Waals surface area contributed by atoms with Crippen LogP contribution >= 0.6 is 0 Å². The van der Waals surface area contributed by atoms with Gasteiger partial charge in [-0.25, -0.2) is 21.9 Å². The van der Waals surface area contributed by atoms with Gasteiger partial charge in [-0.15, -0.1) is 0 Å². The van der Waals surface area contributed by atoms with Crippen LogP contribution in [0.4, 0.5) is 8.78 Å². The average molecular weight is 437 g/mol. The molecule has 7 heteroatoms. The molecule has 1 aliphatic carbocycles. The van der Waals surface area contributed by atoms with Gasteiger partial charge in [0.1, 0.15) is 11.6 Å². The largest absolute Gasteiger partial charge is 0.315 e. The normalized spacial score (nSPS) is 19.9. The maximum Gasteiger partial charge on any atom is 0.240 e. The molecule has 2 aromatic rings. The lowest BCUT2D eigenvalue weighted by molar-refractivity contribution is 0.294. The zero-order valence-corrected chi connectivity index (χ0v) is 18.3. The fourth-order valence-corrected chi connectivity index (χ4v) is 5.27. The van der Waals surface area contributed by atoms with Gasteiger partial charge in [0.15, 0.2) is 0 Å². The van der Waals surface area contributed by atoms with Crippen molar-refractivity contribution in [2.75, 3.05) is 6.54 Å². The summed E-state index contributed by atoms with van der Waals surface area (Å²) in [6.07, 6.45) is 4.85. The first-order valence-corrected chi connectivity index (χ1v) is 12.0. The van der Waals surface area contributed by atoms with Gasteiger partial charge in [-0.1, -0.05) is 26.0 Å². The van der Waals surface area contributed by atoms with Crippen molar-refractivity contribution < 1.29 is 17.2 Å². The first-order valence-electron chi connectivity index (χ1n) is 10.6. The third-order valence-corrected chi connectivity index (χ3v) is 7.22. The van der Waals surface area contributed by atoms with Gasteiger partial charge >= 0.3 is 0 Å². The highest BCUT2D eigenvalue weighted by Crippen LogP contribution is 2.28. The molecular weight excluding hydrogens is 406 g/mol. The average Bonchev–Trinajstić information content (AvgIpc) is 2.69. The van der Waals surface area contributed by atoms with Crippen molar-refractivity contribution in [1.82, 2.24) is 10.0 Å². The van der Waals surface area contributed by atoms with E-state index < -0.39 is 21.7 Å². The molecule has 30 heavy (non-hydrogen) atoms. The first kappa shape index (κ1) is 22.8. The summed E-state index contributed by atoms with van der Waals surface area (Å²) in [5.41, 5.74) is 0.737. The Labute approximate surface area is 178 Å². The summed E-state index contributed by atoms with van der Waals surface area (Å²) < 4.78 is 55.4. The van der Waals surface area contributed by atoms with Crippen molar-refractivity contribution in [2.24, 2.45) is 5.92 Å². The van der Waals surface area contributed by atoms with E-state index in [4.69, 9.17) is 0 Å². The second-order valence-electron chi connectivity index (χ2n) is 8.38. The molecule has 0 bridgehead atoms. The summed E-state index contributed by atoms with van der Waals surface area (Å²) in [5, 5.41) is 3.43. The molecule has 0 spiro atoms. The maximum absolute atomic E-state index is 14.0. The number of hydrogen-bond acceptors (Lipinski definition) is 3. The molecule has 0 unspecified atom stereocenters. The maximum atomic E-state index is 14.0. The van der Waals surface area contributed by atoms with Crippen molar-refractivity contribution in [3.63, 3.8) is 0 Å². The van der Waals surface area contributed by atoms with E-state index in [2.05, 4.69) is 23.9 Å². The van der Waals surface area contributed by atoms with E-state index in [1.54, 1.807) is 12.1 Å². The van der Waals surface area contributed by atoms with Crippen molar-refractivity contribution >= 4 is 10.0 Å². The van der Waals surface area contributed by atoms with E-state index >= 15 is 0 Å². The zero-order valence-electron chi connectivity index (χ0n) is 17.5. The van der Waals surface area contributed by atoms with E-state index in [9.17, 15) is 17.2 Å². The van der Waals surface area contributed by atoms with E-state index in [0.717, 1.165) is 44.7 Å². The molecule has 1 fully saturated rings. The number of benzene rings is 2. The Hall–Kier alpha value is -1.83. The Morgan fingerprint density at radius 3 is 2.27 bits per heavy atom. The summed E-state index contributed by atoms with van der Waals surface area (Å²) in [5.74, 6) is -0.684. The molecule has 3 rings (SSSR count). The minimum Gasteiger partial charge on any atom is -0.315 e. The van der Waals surface area contributed by atoms with Crippen LogP contribution in [0, 0.1) is 17.6 Å². The lowest BCUT2D eigenvalue weighted by Crippen LogP contribution is -2.38. The SMILES string of the molecule is CC(C)NCCC1CCC(NS(=O)(=O)c2ccc(-c3ccc(F)cc3F)cc2)CC1. The molecule has 1 saturated carbocycles. The number of rotatable bonds is 8. The summed E-state index contributed by atoms with van der Waals surface area (Å²) in [4.78, 5) is 0.150. The molecule has 2 N–H and O–H groups in total.